The van der Waals surface area contributed by atoms with Gasteiger partial charge in [0.2, 0.25) is 11.8 Å². The Balaban J connectivity index is 1.57. The Morgan fingerprint density at radius 2 is 1.52 bits per heavy atom. The first kappa shape index (κ1) is 19.3. The average Bonchev–Trinajstić information content (AvgIpc) is 2.95. The number of aliphatic carboxylic acids is 1. The van der Waals surface area contributed by atoms with Crippen molar-refractivity contribution in [1.82, 2.24) is 14.8 Å². The van der Waals surface area contributed by atoms with Gasteiger partial charge in [0, 0.05) is 57.3 Å². The maximum Gasteiger partial charge on any atom is 0.308 e. The van der Waals surface area contributed by atoms with Crippen LogP contribution in [0.4, 0.5) is 0 Å². The van der Waals surface area contributed by atoms with Crippen LogP contribution in [0.1, 0.15) is 50.0 Å². The van der Waals surface area contributed by atoms with Crippen LogP contribution in [0.3, 0.4) is 0 Å². The van der Waals surface area contributed by atoms with Crippen LogP contribution in [0.2, 0.25) is 0 Å². The fourth-order valence-electron chi connectivity index (χ4n) is 4.06. The second-order valence-electron chi connectivity index (χ2n) is 7.43. The molecule has 7 nitrogen and oxygen atoms in total. The summed E-state index contributed by atoms with van der Waals surface area (Å²) in [6, 6.07) is 3.61. The molecule has 2 fully saturated rings. The third-order valence-electron chi connectivity index (χ3n) is 5.64. The summed E-state index contributed by atoms with van der Waals surface area (Å²) in [5, 5.41) is 9.55. The Morgan fingerprint density at radius 1 is 0.926 bits per heavy atom. The van der Waals surface area contributed by atoms with Gasteiger partial charge in [-0.2, -0.15) is 0 Å². The lowest BCUT2D eigenvalue weighted by molar-refractivity contribution is -0.142. The molecule has 3 heterocycles. The maximum absolute atomic E-state index is 12.6. The molecule has 0 bridgehead atoms. The van der Waals surface area contributed by atoms with Crippen LogP contribution in [-0.4, -0.2) is 63.9 Å². The van der Waals surface area contributed by atoms with Crippen molar-refractivity contribution < 1.29 is 19.5 Å². The average molecular weight is 373 g/mol. The summed E-state index contributed by atoms with van der Waals surface area (Å²) in [5.41, 5.74) is 0.883. The van der Waals surface area contributed by atoms with Crippen molar-refractivity contribution in [2.75, 3.05) is 26.2 Å². The van der Waals surface area contributed by atoms with Crippen LogP contribution in [-0.2, 0) is 14.4 Å². The number of likely N-dealkylation sites (tertiary alicyclic amines) is 2. The number of carbonyl (C=O) groups excluding carboxylic acids is 2. The number of aromatic nitrogens is 1. The van der Waals surface area contributed by atoms with Crippen molar-refractivity contribution in [2.45, 2.75) is 44.4 Å². The Bertz CT molecular complexity index is 671. The molecule has 0 spiro atoms. The molecule has 2 saturated heterocycles. The molecular formula is C20H27N3O4. The van der Waals surface area contributed by atoms with Crippen LogP contribution >= 0.6 is 0 Å². The van der Waals surface area contributed by atoms with Gasteiger partial charge in [-0.3, -0.25) is 19.4 Å². The van der Waals surface area contributed by atoms with Crippen molar-refractivity contribution in [2.24, 2.45) is 5.92 Å². The Morgan fingerprint density at radius 3 is 2.11 bits per heavy atom. The van der Waals surface area contributed by atoms with Crippen molar-refractivity contribution in [3.63, 3.8) is 0 Å². The number of carboxylic acid groups (broad SMARTS) is 1. The van der Waals surface area contributed by atoms with Gasteiger partial charge in [0.1, 0.15) is 0 Å². The molecule has 0 aromatic carbocycles. The molecule has 3 rings (SSSR count). The lowest BCUT2D eigenvalue weighted by Crippen LogP contribution is -2.34. The predicted octanol–water partition coefficient (Wildman–Crippen LogP) is 1.89. The van der Waals surface area contributed by atoms with E-state index in [1.54, 1.807) is 29.4 Å². The van der Waals surface area contributed by atoms with Gasteiger partial charge in [-0.1, -0.05) is 12.8 Å². The van der Waals surface area contributed by atoms with Gasteiger partial charge < -0.3 is 14.9 Å². The van der Waals surface area contributed by atoms with Crippen LogP contribution < -0.4 is 0 Å². The Labute approximate surface area is 159 Å². The number of hydrogen-bond donors (Lipinski definition) is 1. The van der Waals surface area contributed by atoms with Gasteiger partial charge in [-0.25, -0.2) is 0 Å². The molecule has 1 N–H and O–H groups in total. The van der Waals surface area contributed by atoms with Gasteiger partial charge in [0.25, 0.3) is 0 Å². The molecule has 146 valence electrons. The van der Waals surface area contributed by atoms with Gasteiger partial charge in [-0.05, 0) is 30.5 Å². The van der Waals surface area contributed by atoms with Gasteiger partial charge in [0.15, 0.2) is 0 Å². The summed E-state index contributed by atoms with van der Waals surface area (Å²) >= 11 is 0. The second kappa shape index (κ2) is 8.97. The van der Waals surface area contributed by atoms with E-state index in [4.69, 9.17) is 0 Å². The minimum atomic E-state index is -0.896. The zero-order valence-electron chi connectivity index (χ0n) is 15.5. The monoisotopic (exact) mass is 373 g/mol. The fourth-order valence-corrected chi connectivity index (χ4v) is 4.06. The number of nitrogens with zero attached hydrogens (tertiary/aromatic N) is 3. The summed E-state index contributed by atoms with van der Waals surface area (Å²) in [5.74, 6) is -1.87. The van der Waals surface area contributed by atoms with Crippen molar-refractivity contribution in [1.29, 1.82) is 0 Å². The molecule has 2 aliphatic rings. The highest BCUT2D eigenvalue weighted by Crippen LogP contribution is 2.33. The summed E-state index contributed by atoms with van der Waals surface area (Å²) in [4.78, 5) is 44.1. The minimum absolute atomic E-state index is 0.0323. The first-order valence-corrected chi connectivity index (χ1v) is 9.74. The smallest absolute Gasteiger partial charge is 0.308 e. The first-order valence-electron chi connectivity index (χ1n) is 9.74. The number of carbonyl (C=O) groups is 3. The van der Waals surface area contributed by atoms with E-state index in [2.05, 4.69) is 4.98 Å². The van der Waals surface area contributed by atoms with E-state index >= 15 is 0 Å². The molecule has 7 heteroatoms. The molecule has 1 aromatic rings. The SMILES string of the molecule is O=C(O)[C@@H]1CN(C(=O)CCC(=O)N2CCCCCC2)C[C@H]1c1ccncc1. The van der Waals surface area contributed by atoms with E-state index < -0.39 is 11.9 Å². The van der Waals surface area contributed by atoms with Crippen LogP contribution in [0.5, 0.6) is 0 Å². The molecule has 0 aliphatic carbocycles. The molecule has 27 heavy (non-hydrogen) atoms. The summed E-state index contributed by atoms with van der Waals surface area (Å²) in [7, 11) is 0. The number of rotatable bonds is 5. The highest BCUT2D eigenvalue weighted by molar-refractivity contribution is 5.85. The largest absolute Gasteiger partial charge is 0.481 e. The summed E-state index contributed by atoms with van der Waals surface area (Å²) in [6.07, 6.45) is 7.99. The maximum atomic E-state index is 12.6. The van der Waals surface area contributed by atoms with E-state index in [-0.39, 0.29) is 37.1 Å². The van der Waals surface area contributed by atoms with Gasteiger partial charge in [0.05, 0.1) is 5.92 Å². The van der Waals surface area contributed by atoms with E-state index in [9.17, 15) is 19.5 Å². The molecule has 2 aliphatic heterocycles. The molecular weight excluding hydrogens is 346 g/mol. The van der Waals surface area contributed by atoms with Crippen molar-refractivity contribution in [3.8, 4) is 0 Å². The van der Waals surface area contributed by atoms with E-state index in [0.717, 1.165) is 44.3 Å². The van der Waals surface area contributed by atoms with Gasteiger partial charge in [-0.15, -0.1) is 0 Å². The highest BCUT2D eigenvalue weighted by atomic mass is 16.4. The van der Waals surface area contributed by atoms with E-state index in [1.807, 2.05) is 4.90 Å². The summed E-state index contributed by atoms with van der Waals surface area (Å²) in [6.45, 7) is 2.13. The van der Waals surface area contributed by atoms with Gasteiger partial charge >= 0.3 is 5.97 Å². The normalized spacial score (nSPS) is 23.1. The second-order valence-corrected chi connectivity index (χ2v) is 7.43. The molecule has 1 aromatic heterocycles. The first-order chi connectivity index (χ1) is 13.1. The number of hydrogen-bond acceptors (Lipinski definition) is 4. The number of carboxylic acids is 1. The Kier molecular flexibility index (Phi) is 6.42. The molecule has 2 amide bonds. The van der Waals surface area contributed by atoms with E-state index in [1.165, 1.54) is 0 Å². The zero-order valence-corrected chi connectivity index (χ0v) is 15.5. The molecule has 0 unspecified atom stereocenters. The lowest BCUT2D eigenvalue weighted by atomic mass is 9.90. The fraction of sp³-hybridized carbons (Fsp3) is 0.600. The molecule has 2 atom stereocenters. The number of amides is 2. The van der Waals surface area contributed by atoms with Crippen LogP contribution in [0.25, 0.3) is 0 Å². The van der Waals surface area contributed by atoms with E-state index in [0.29, 0.717) is 6.54 Å². The topological polar surface area (TPSA) is 90.8 Å². The van der Waals surface area contributed by atoms with Crippen LogP contribution in [0.15, 0.2) is 24.5 Å². The van der Waals surface area contributed by atoms with Crippen molar-refractivity contribution in [3.05, 3.63) is 30.1 Å². The third kappa shape index (κ3) is 4.84. The summed E-state index contributed by atoms with van der Waals surface area (Å²) < 4.78 is 0. The zero-order chi connectivity index (χ0) is 19.2. The minimum Gasteiger partial charge on any atom is -0.481 e. The predicted molar refractivity (Wildman–Crippen MR) is 99.0 cm³/mol. The number of pyridine rings is 1. The standard InChI is InChI=1S/C20H27N3O4/c24-18(22-11-3-1-2-4-12-22)5-6-19(25)23-13-16(17(14-23)20(26)27)15-7-9-21-10-8-15/h7-10,16-17H,1-6,11-14H2,(H,26,27)/t16-,17+/m0/s1. The van der Waals surface area contributed by atoms with Crippen LogP contribution in [0, 0.1) is 5.92 Å². The lowest BCUT2D eigenvalue weighted by Gasteiger charge is -2.21. The Hall–Kier alpha value is -2.44. The quantitative estimate of drug-likeness (QED) is 0.851. The molecule has 0 radical (unpaired) electrons. The molecule has 0 saturated carbocycles. The highest BCUT2D eigenvalue weighted by Gasteiger charge is 2.40. The van der Waals surface area contributed by atoms with Crippen molar-refractivity contribution >= 4 is 17.8 Å². The third-order valence-corrected chi connectivity index (χ3v) is 5.64.